The minimum atomic E-state index is -0.551. The highest BCUT2D eigenvalue weighted by molar-refractivity contribution is 5.92. The van der Waals surface area contributed by atoms with Crippen LogP contribution in [0.4, 0.5) is 4.70 Å². The molecule has 0 N–H and O–H groups in total. The van der Waals surface area contributed by atoms with Gasteiger partial charge < -0.3 is 28.4 Å². The van der Waals surface area contributed by atoms with Crippen molar-refractivity contribution in [3.05, 3.63) is 134 Å². The number of rotatable bonds is 14. The number of halogens is 1. The Hall–Kier alpha value is -5.74. The average Bonchev–Trinajstić information content (AvgIpc) is 3.12. The van der Waals surface area contributed by atoms with Gasteiger partial charge in [0.2, 0.25) is 0 Å². The summed E-state index contributed by atoms with van der Waals surface area (Å²) in [7, 11) is 4.50. The molecule has 0 fully saturated rings. The third-order valence-electron chi connectivity index (χ3n) is 6.05. The summed E-state index contributed by atoms with van der Waals surface area (Å²) in [4.78, 5) is 33.4. The Morgan fingerprint density at radius 3 is 1.49 bits per heavy atom. The van der Waals surface area contributed by atoms with Crippen LogP contribution in [0.1, 0.15) is 13.8 Å². The molecule has 0 aliphatic carbocycles. The molecule has 3 aromatic rings. The second-order valence-electron chi connectivity index (χ2n) is 9.61. The van der Waals surface area contributed by atoms with E-state index < -0.39 is 11.9 Å². The third kappa shape index (κ3) is 17.1. The van der Waals surface area contributed by atoms with Crippen LogP contribution in [-0.2, 0) is 33.3 Å². The van der Waals surface area contributed by atoms with Gasteiger partial charge in [-0.2, -0.15) is 0 Å². The van der Waals surface area contributed by atoms with Crippen molar-refractivity contribution in [2.75, 3.05) is 41.2 Å². The molecule has 10 heteroatoms. The Morgan fingerprint density at radius 1 is 0.673 bits per heavy atom. The molecule has 49 heavy (non-hydrogen) atoms. The Kier molecular flexibility index (Phi) is 21.6. The van der Waals surface area contributed by atoms with Crippen LogP contribution in [0.5, 0.6) is 11.5 Å². The smallest absolute Gasteiger partial charge is 0.342 e. The van der Waals surface area contributed by atoms with E-state index in [0.29, 0.717) is 22.8 Å². The lowest BCUT2D eigenvalue weighted by atomic mass is 10.0. The molecule has 9 nitrogen and oxygen atoms in total. The van der Waals surface area contributed by atoms with Crippen molar-refractivity contribution >= 4 is 17.9 Å². The molecule has 262 valence electrons. The van der Waals surface area contributed by atoms with Crippen LogP contribution in [-0.4, -0.2) is 59.1 Å². The van der Waals surface area contributed by atoms with Crippen LogP contribution in [0.3, 0.4) is 0 Å². The van der Waals surface area contributed by atoms with Gasteiger partial charge in [0.1, 0.15) is 30.5 Å². The van der Waals surface area contributed by atoms with Crippen LogP contribution < -0.4 is 9.47 Å². The topological polar surface area (TPSA) is 107 Å². The van der Waals surface area contributed by atoms with Crippen molar-refractivity contribution in [1.29, 1.82) is 0 Å². The van der Waals surface area contributed by atoms with Gasteiger partial charge in [-0.05, 0) is 72.5 Å². The Morgan fingerprint density at radius 2 is 1.12 bits per heavy atom. The van der Waals surface area contributed by atoms with Crippen molar-refractivity contribution in [2.24, 2.45) is 0 Å². The summed E-state index contributed by atoms with van der Waals surface area (Å²) < 4.78 is 29.6. The number of carbonyl (C=O) groups excluding carboxylic acids is 3. The summed E-state index contributed by atoms with van der Waals surface area (Å²) in [5, 5.41) is 0. The quantitative estimate of drug-likeness (QED) is 0.0421. The Labute approximate surface area is 288 Å². The fraction of sp³-hybridized carbons (Fsp3) is 0.205. The van der Waals surface area contributed by atoms with Gasteiger partial charge in [-0.3, -0.25) is 4.70 Å². The van der Waals surface area contributed by atoms with Crippen LogP contribution in [0.2, 0.25) is 0 Å². The maximum absolute atomic E-state index is 12.2. The van der Waals surface area contributed by atoms with Gasteiger partial charge in [0, 0.05) is 25.4 Å². The fourth-order valence-corrected chi connectivity index (χ4v) is 3.35. The molecular formula is C39H45FO9. The summed E-state index contributed by atoms with van der Waals surface area (Å²) in [6.45, 7) is 18.9. The molecule has 0 unspecified atom stereocenters. The number of hydrogen-bond donors (Lipinski definition) is 0. The predicted molar refractivity (Wildman–Crippen MR) is 191 cm³/mol. The molecule has 3 rings (SSSR count). The first kappa shape index (κ1) is 43.3. The Bertz CT molecular complexity index is 1540. The number of hydrogen-bond acceptors (Lipinski definition) is 9. The van der Waals surface area contributed by atoms with Gasteiger partial charge >= 0.3 is 17.9 Å². The van der Waals surface area contributed by atoms with Gasteiger partial charge in [0.05, 0.1) is 19.8 Å². The molecule has 0 aliphatic heterocycles. The summed E-state index contributed by atoms with van der Waals surface area (Å²) in [6, 6.07) is 23.1. The van der Waals surface area contributed by atoms with Crippen molar-refractivity contribution in [3.8, 4) is 33.8 Å². The van der Waals surface area contributed by atoms with E-state index in [1.165, 1.54) is 20.3 Å². The molecule has 0 atom stereocenters. The molecule has 0 aliphatic rings. The van der Waals surface area contributed by atoms with E-state index in [-0.39, 0.29) is 29.5 Å². The maximum atomic E-state index is 12.2. The van der Waals surface area contributed by atoms with Crippen LogP contribution in [0, 0.1) is 0 Å². The second-order valence-corrected chi connectivity index (χ2v) is 9.61. The number of benzene rings is 3. The number of carbonyl (C=O) groups is 3. The maximum Gasteiger partial charge on any atom is 0.342 e. The summed E-state index contributed by atoms with van der Waals surface area (Å²) in [5.41, 5.74) is 4.74. The van der Waals surface area contributed by atoms with E-state index in [9.17, 15) is 14.4 Å². The normalized spacial score (nSPS) is 9.57. The lowest BCUT2D eigenvalue weighted by molar-refractivity contribution is -0.138. The third-order valence-corrected chi connectivity index (χ3v) is 6.05. The molecule has 0 heterocycles. The zero-order valence-electron chi connectivity index (χ0n) is 28.7. The molecule has 0 aromatic heterocycles. The highest BCUT2D eigenvalue weighted by atomic mass is 19.0. The average molecular weight is 677 g/mol. The molecule has 3 aromatic carbocycles. The summed E-state index contributed by atoms with van der Waals surface area (Å²) in [6.07, 6.45) is 4.16. The highest BCUT2D eigenvalue weighted by Crippen LogP contribution is 2.27. The van der Waals surface area contributed by atoms with Crippen LogP contribution >= 0.6 is 0 Å². The van der Waals surface area contributed by atoms with E-state index in [1.807, 2.05) is 67.6 Å². The molecular weight excluding hydrogens is 631 g/mol. The van der Waals surface area contributed by atoms with Crippen LogP contribution in [0.25, 0.3) is 22.3 Å². The predicted octanol–water partition coefficient (Wildman–Crippen LogP) is 7.85. The molecule has 0 bridgehead atoms. The monoisotopic (exact) mass is 676 g/mol. The molecule has 0 spiro atoms. The standard InChI is InChI=1S/C31H28O6.C5H8O2.C3H8O.FH/c1-5-30(32)36-21-20-35-28-16-12-26(13-17-28)24-8-10-25(11-9-24)27-14-18-29(19-15-27)37-31(33)22(2)6-7-23(3)34-4;1-4(2)5(6)7-3;1-3-4-2;/h5-19H,1-3,20-21H2,4H3;1H2,2-3H3;3H2,1-2H3;1H/b7-6-;;;. The zero-order valence-corrected chi connectivity index (χ0v) is 28.7. The van der Waals surface area contributed by atoms with Crippen molar-refractivity contribution in [2.45, 2.75) is 13.8 Å². The minimum absolute atomic E-state index is 0. The van der Waals surface area contributed by atoms with E-state index in [2.05, 4.69) is 35.8 Å². The van der Waals surface area contributed by atoms with Gasteiger partial charge in [-0.15, -0.1) is 0 Å². The Balaban J connectivity index is 0.00000166. The SMILES string of the molecule is C=C(C)C(=O)OC.C=CC(=O)OCCOc1ccc(-c2ccc(-c3ccc(OC(=O)C(=C)/C=C\C(=C)OC)cc3)cc2)cc1.CCOC.F. The number of allylic oxidation sites excluding steroid dienone is 1. The molecule has 0 saturated carbocycles. The first-order chi connectivity index (χ1) is 23.0. The van der Waals surface area contributed by atoms with Crippen LogP contribution in [0.15, 0.2) is 134 Å². The molecule has 0 radical (unpaired) electrons. The van der Waals surface area contributed by atoms with E-state index in [1.54, 1.807) is 32.2 Å². The fourth-order valence-electron chi connectivity index (χ4n) is 3.35. The second kappa shape index (κ2) is 24.4. The number of methoxy groups -OCH3 is 3. The number of esters is 3. The highest BCUT2D eigenvalue weighted by Gasteiger charge is 2.08. The minimum Gasteiger partial charge on any atom is -0.497 e. The number of ether oxygens (including phenoxy) is 6. The largest absolute Gasteiger partial charge is 0.497 e. The van der Waals surface area contributed by atoms with Gasteiger partial charge in [-0.25, -0.2) is 14.4 Å². The van der Waals surface area contributed by atoms with Crippen molar-refractivity contribution in [3.63, 3.8) is 0 Å². The van der Waals surface area contributed by atoms with E-state index >= 15 is 0 Å². The van der Waals surface area contributed by atoms with Crippen molar-refractivity contribution in [1.82, 2.24) is 0 Å². The molecule has 0 amide bonds. The van der Waals surface area contributed by atoms with Gasteiger partial charge in [-0.1, -0.05) is 74.8 Å². The van der Waals surface area contributed by atoms with Gasteiger partial charge in [0.15, 0.2) is 0 Å². The lowest BCUT2D eigenvalue weighted by Crippen LogP contribution is -2.10. The van der Waals surface area contributed by atoms with Gasteiger partial charge in [0.25, 0.3) is 0 Å². The molecule has 0 saturated heterocycles. The summed E-state index contributed by atoms with van der Waals surface area (Å²) >= 11 is 0. The van der Waals surface area contributed by atoms with E-state index in [0.717, 1.165) is 34.9 Å². The summed E-state index contributed by atoms with van der Waals surface area (Å²) in [5.74, 6) is 0.158. The first-order valence-electron chi connectivity index (χ1n) is 14.8. The lowest BCUT2D eigenvalue weighted by Gasteiger charge is -2.09. The first-order valence-corrected chi connectivity index (χ1v) is 14.8. The van der Waals surface area contributed by atoms with Crippen molar-refractivity contribution < 1.29 is 47.5 Å². The zero-order chi connectivity index (χ0) is 35.9. The van der Waals surface area contributed by atoms with E-state index in [4.69, 9.17) is 18.9 Å².